The second-order valence-electron chi connectivity index (χ2n) is 6.20. The maximum atomic E-state index is 12.1. The van der Waals surface area contributed by atoms with E-state index < -0.39 is 0 Å². The van der Waals surface area contributed by atoms with Gasteiger partial charge < -0.3 is 10.6 Å². The molecule has 5 nitrogen and oxygen atoms in total. The fraction of sp³-hybridized carbons (Fsp3) is 0.263. The summed E-state index contributed by atoms with van der Waals surface area (Å²) < 4.78 is 2.05. The Morgan fingerprint density at radius 2 is 1.92 bits per heavy atom. The van der Waals surface area contributed by atoms with Crippen LogP contribution in [0.15, 0.2) is 54.9 Å². The molecule has 1 fully saturated rings. The summed E-state index contributed by atoms with van der Waals surface area (Å²) in [5, 5.41) is 6.32. The molecule has 1 saturated heterocycles. The number of nitrogens with one attached hydrogen (secondary N) is 2. The second kappa shape index (κ2) is 9.03. The van der Waals surface area contributed by atoms with Crippen LogP contribution in [-0.4, -0.2) is 28.0 Å². The van der Waals surface area contributed by atoms with Crippen LogP contribution in [0.4, 0.5) is 5.69 Å². The molecule has 0 saturated carbocycles. The molecule has 1 amide bonds. The van der Waals surface area contributed by atoms with Crippen LogP contribution in [0.25, 0.3) is 16.7 Å². The van der Waals surface area contributed by atoms with Gasteiger partial charge in [-0.05, 0) is 55.8 Å². The highest BCUT2D eigenvalue weighted by molar-refractivity contribution is 5.91. The molecule has 2 aromatic carbocycles. The summed E-state index contributed by atoms with van der Waals surface area (Å²) in [6, 6.07) is 16.2. The van der Waals surface area contributed by atoms with Crippen LogP contribution < -0.4 is 10.6 Å². The van der Waals surface area contributed by atoms with Crippen LogP contribution in [0, 0.1) is 0 Å². The highest BCUT2D eigenvalue weighted by atomic mass is 35.5. The molecule has 4 rings (SSSR count). The summed E-state index contributed by atoms with van der Waals surface area (Å²) in [6.45, 7) is 1.02. The lowest BCUT2D eigenvalue weighted by molar-refractivity contribution is -0.116. The first kappa shape index (κ1) is 20.2. The van der Waals surface area contributed by atoms with E-state index in [1.54, 1.807) is 0 Å². The summed E-state index contributed by atoms with van der Waals surface area (Å²) in [7, 11) is 0. The minimum Gasteiger partial charge on any atom is -0.326 e. The van der Waals surface area contributed by atoms with Gasteiger partial charge in [-0.2, -0.15) is 0 Å². The van der Waals surface area contributed by atoms with Crippen LogP contribution in [0.2, 0.25) is 0 Å². The van der Waals surface area contributed by atoms with Gasteiger partial charge in [0.25, 0.3) is 0 Å². The number of anilines is 1. The van der Waals surface area contributed by atoms with Gasteiger partial charge >= 0.3 is 0 Å². The topological polar surface area (TPSA) is 59.0 Å². The number of halogens is 2. The van der Waals surface area contributed by atoms with E-state index in [4.69, 9.17) is 0 Å². The van der Waals surface area contributed by atoms with Gasteiger partial charge in [0.2, 0.25) is 5.91 Å². The van der Waals surface area contributed by atoms with E-state index in [1.165, 1.54) is 0 Å². The third-order valence-electron chi connectivity index (χ3n) is 4.48. The van der Waals surface area contributed by atoms with Crippen molar-refractivity contribution in [3.63, 3.8) is 0 Å². The molecule has 1 atom stereocenters. The molecule has 0 spiro atoms. The number of carbonyl (C=O) groups excluding carboxylic acids is 1. The minimum atomic E-state index is 0. The maximum Gasteiger partial charge on any atom is 0.225 e. The van der Waals surface area contributed by atoms with Crippen molar-refractivity contribution in [3.8, 4) is 5.69 Å². The maximum absolute atomic E-state index is 12.1. The van der Waals surface area contributed by atoms with Crippen LogP contribution in [-0.2, 0) is 4.79 Å². The second-order valence-corrected chi connectivity index (χ2v) is 6.20. The molecule has 0 radical (unpaired) electrons. The number of aromatic nitrogens is 2. The predicted octanol–water partition coefficient (Wildman–Crippen LogP) is 3.95. The van der Waals surface area contributed by atoms with Crippen molar-refractivity contribution in [2.24, 2.45) is 0 Å². The number of hydrogen-bond donors (Lipinski definition) is 2. The number of rotatable bonds is 4. The summed E-state index contributed by atoms with van der Waals surface area (Å²) >= 11 is 0. The van der Waals surface area contributed by atoms with Crippen molar-refractivity contribution in [2.45, 2.75) is 25.3 Å². The molecule has 26 heavy (non-hydrogen) atoms. The lowest BCUT2D eigenvalue weighted by Gasteiger charge is -2.11. The van der Waals surface area contributed by atoms with Crippen molar-refractivity contribution in [2.75, 3.05) is 11.9 Å². The smallest absolute Gasteiger partial charge is 0.225 e. The standard InChI is InChI=1S/C19H20N4O.2ClH/c24-19(12-15-4-3-11-20-15)22-14-7-9-16(10-8-14)23-13-21-17-5-1-2-6-18(17)23;;/h1-2,5-10,13,15,20H,3-4,11-12H2,(H,22,24);2*1H. The molecule has 1 aliphatic heterocycles. The van der Waals surface area contributed by atoms with E-state index in [9.17, 15) is 4.79 Å². The predicted molar refractivity (Wildman–Crippen MR) is 110 cm³/mol. The molecule has 1 unspecified atom stereocenters. The number of para-hydroxylation sites is 2. The first-order valence-electron chi connectivity index (χ1n) is 8.35. The number of amides is 1. The Kier molecular flexibility index (Phi) is 7.03. The van der Waals surface area contributed by atoms with E-state index in [0.29, 0.717) is 12.5 Å². The van der Waals surface area contributed by atoms with Gasteiger partial charge in [0.1, 0.15) is 6.33 Å². The average molecular weight is 393 g/mol. The van der Waals surface area contributed by atoms with Gasteiger partial charge in [0.15, 0.2) is 0 Å². The number of benzene rings is 2. The number of fused-ring (bicyclic) bond motifs is 1. The van der Waals surface area contributed by atoms with Gasteiger partial charge in [-0.1, -0.05) is 12.1 Å². The Labute approximate surface area is 165 Å². The Morgan fingerprint density at radius 3 is 2.65 bits per heavy atom. The van der Waals surface area contributed by atoms with Crippen LogP contribution >= 0.6 is 24.8 Å². The molecule has 1 aliphatic rings. The Balaban J connectivity index is 0.00000121. The summed E-state index contributed by atoms with van der Waals surface area (Å²) in [5.74, 6) is 0.0650. The van der Waals surface area contributed by atoms with Crippen LogP contribution in [0.1, 0.15) is 19.3 Å². The third-order valence-corrected chi connectivity index (χ3v) is 4.48. The van der Waals surface area contributed by atoms with Gasteiger partial charge in [-0.3, -0.25) is 9.36 Å². The average Bonchev–Trinajstić information content (AvgIpc) is 3.25. The molecule has 138 valence electrons. The molecule has 7 heteroatoms. The fourth-order valence-electron chi connectivity index (χ4n) is 3.24. The van der Waals surface area contributed by atoms with E-state index in [1.807, 2.05) is 59.4 Å². The number of hydrogen-bond acceptors (Lipinski definition) is 3. The SMILES string of the molecule is Cl.Cl.O=C(CC1CCCN1)Nc1ccc(-n2cnc3ccccc32)cc1. The van der Waals surface area contributed by atoms with Gasteiger partial charge in [-0.25, -0.2) is 4.98 Å². The molecule has 3 aromatic rings. The lowest BCUT2D eigenvalue weighted by atomic mass is 10.1. The van der Waals surface area contributed by atoms with Crippen molar-refractivity contribution in [3.05, 3.63) is 54.9 Å². The highest BCUT2D eigenvalue weighted by Crippen LogP contribution is 2.20. The molecular weight excluding hydrogens is 371 g/mol. The highest BCUT2D eigenvalue weighted by Gasteiger charge is 2.17. The molecule has 2 heterocycles. The molecule has 0 bridgehead atoms. The fourth-order valence-corrected chi connectivity index (χ4v) is 3.24. The molecular formula is C19H22Cl2N4O. The largest absolute Gasteiger partial charge is 0.326 e. The van der Waals surface area contributed by atoms with Gasteiger partial charge in [0.05, 0.1) is 11.0 Å². The molecule has 1 aromatic heterocycles. The Hall–Kier alpha value is -2.08. The van der Waals surface area contributed by atoms with Crippen molar-refractivity contribution in [1.82, 2.24) is 14.9 Å². The third kappa shape index (κ3) is 4.36. The van der Waals surface area contributed by atoms with E-state index >= 15 is 0 Å². The van der Waals surface area contributed by atoms with Crippen LogP contribution in [0.5, 0.6) is 0 Å². The van der Waals surface area contributed by atoms with Crippen molar-refractivity contribution < 1.29 is 4.79 Å². The van der Waals surface area contributed by atoms with Gasteiger partial charge in [0, 0.05) is 23.8 Å². The number of nitrogens with zero attached hydrogens (tertiary/aromatic N) is 2. The monoisotopic (exact) mass is 392 g/mol. The molecule has 2 N–H and O–H groups in total. The number of carbonyl (C=O) groups is 1. The Bertz CT molecular complexity index is 857. The Morgan fingerprint density at radius 1 is 1.15 bits per heavy atom. The first-order valence-corrected chi connectivity index (χ1v) is 8.35. The molecule has 0 aliphatic carbocycles. The summed E-state index contributed by atoms with van der Waals surface area (Å²) in [5.41, 5.74) is 3.89. The minimum absolute atomic E-state index is 0. The van der Waals surface area contributed by atoms with Gasteiger partial charge in [-0.15, -0.1) is 24.8 Å². The normalized spacial score (nSPS) is 15.9. The zero-order valence-electron chi connectivity index (χ0n) is 14.2. The first-order chi connectivity index (χ1) is 11.8. The quantitative estimate of drug-likeness (QED) is 0.706. The zero-order chi connectivity index (χ0) is 16.4. The van der Waals surface area contributed by atoms with Crippen molar-refractivity contribution >= 4 is 47.4 Å². The zero-order valence-corrected chi connectivity index (χ0v) is 15.9. The summed E-state index contributed by atoms with van der Waals surface area (Å²) in [6.07, 6.45) is 4.60. The van der Waals surface area contributed by atoms with E-state index in [2.05, 4.69) is 15.6 Å². The lowest BCUT2D eigenvalue weighted by Crippen LogP contribution is -2.27. The summed E-state index contributed by atoms with van der Waals surface area (Å²) in [4.78, 5) is 16.5. The van der Waals surface area contributed by atoms with E-state index in [-0.39, 0.29) is 30.7 Å². The van der Waals surface area contributed by atoms with E-state index in [0.717, 1.165) is 41.8 Å². The van der Waals surface area contributed by atoms with Crippen molar-refractivity contribution in [1.29, 1.82) is 0 Å². The number of imidazole rings is 1. The van der Waals surface area contributed by atoms with Crippen LogP contribution in [0.3, 0.4) is 0 Å².